The Hall–Kier alpha value is -2.37. The minimum absolute atomic E-state index is 0.00328. The summed E-state index contributed by atoms with van der Waals surface area (Å²) in [6.45, 7) is 4.00. The van der Waals surface area contributed by atoms with Crippen molar-refractivity contribution >= 4 is 5.91 Å². The molecule has 0 spiro atoms. The molecule has 2 aromatic rings. The molecule has 0 saturated carbocycles. The zero-order valence-electron chi connectivity index (χ0n) is 10.8. The molecule has 6 nitrogen and oxygen atoms in total. The first-order valence-corrected chi connectivity index (χ1v) is 5.89. The molecule has 100 valence electrons. The zero-order chi connectivity index (χ0) is 13.7. The predicted molar refractivity (Wildman–Crippen MR) is 67.6 cm³/mol. The van der Waals surface area contributed by atoms with Crippen molar-refractivity contribution in [2.45, 2.75) is 20.4 Å². The SMILES string of the molecule is Cc1noc(OCC(=O)NCc2ccccc2C)n1. The molecule has 0 radical (unpaired) electrons. The van der Waals surface area contributed by atoms with E-state index in [9.17, 15) is 4.79 Å². The number of aryl methyl sites for hydroxylation is 2. The fourth-order valence-electron chi connectivity index (χ4n) is 1.52. The Labute approximate surface area is 110 Å². The van der Waals surface area contributed by atoms with Crippen molar-refractivity contribution in [3.05, 3.63) is 41.2 Å². The fourth-order valence-corrected chi connectivity index (χ4v) is 1.52. The van der Waals surface area contributed by atoms with Crippen LogP contribution in [0.3, 0.4) is 0 Å². The molecule has 1 N–H and O–H groups in total. The number of nitrogens with one attached hydrogen (secondary N) is 1. The number of carbonyl (C=O) groups excluding carboxylic acids is 1. The molecule has 0 unspecified atom stereocenters. The maximum Gasteiger partial charge on any atom is 0.417 e. The highest BCUT2D eigenvalue weighted by atomic mass is 16.6. The number of carbonyl (C=O) groups is 1. The lowest BCUT2D eigenvalue weighted by Crippen LogP contribution is -2.28. The van der Waals surface area contributed by atoms with E-state index in [1.807, 2.05) is 31.2 Å². The van der Waals surface area contributed by atoms with Gasteiger partial charge in [0.15, 0.2) is 12.4 Å². The van der Waals surface area contributed by atoms with Crippen molar-refractivity contribution in [2.75, 3.05) is 6.61 Å². The number of benzene rings is 1. The van der Waals surface area contributed by atoms with Gasteiger partial charge in [0.2, 0.25) is 0 Å². The van der Waals surface area contributed by atoms with Crippen LogP contribution in [-0.2, 0) is 11.3 Å². The average molecular weight is 261 g/mol. The minimum atomic E-state index is -0.237. The van der Waals surface area contributed by atoms with Crippen molar-refractivity contribution in [1.29, 1.82) is 0 Å². The highest BCUT2D eigenvalue weighted by Crippen LogP contribution is 2.06. The van der Waals surface area contributed by atoms with E-state index in [0.717, 1.165) is 11.1 Å². The van der Waals surface area contributed by atoms with Crippen molar-refractivity contribution in [1.82, 2.24) is 15.5 Å². The third kappa shape index (κ3) is 3.80. The van der Waals surface area contributed by atoms with E-state index in [0.29, 0.717) is 12.4 Å². The van der Waals surface area contributed by atoms with E-state index in [1.165, 1.54) is 0 Å². The van der Waals surface area contributed by atoms with E-state index in [2.05, 4.69) is 15.5 Å². The molecule has 19 heavy (non-hydrogen) atoms. The Morgan fingerprint density at radius 1 is 1.37 bits per heavy atom. The topological polar surface area (TPSA) is 77.2 Å². The van der Waals surface area contributed by atoms with Gasteiger partial charge in [-0.2, -0.15) is 4.98 Å². The molecule has 0 fully saturated rings. The van der Waals surface area contributed by atoms with Crippen LogP contribution >= 0.6 is 0 Å². The summed E-state index contributed by atoms with van der Waals surface area (Å²) in [7, 11) is 0. The first kappa shape index (κ1) is 13.1. The van der Waals surface area contributed by atoms with Gasteiger partial charge in [0.25, 0.3) is 5.91 Å². The van der Waals surface area contributed by atoms with E-state index in [-0.39, 0.29) is 18.6 Å². The molecule has 0 aliphatic rings. The number of aromatic nitrogens is 2. The van der Waals surface area contributed by atoms with Gasteiger partial charge in [-0.15, -0.1) is 0 Å². The highest BCUT2D eigenvalue weighted by molar-refractivity contribution is 5.77. The lowest BCUT2D eigenvalue weighted by molar-refractivity contribution is -0.123. The monoisotopic (exact) mass is 261 g/mol. The molecule has 1 heterocycles. The molecule has 1 amide bonds. The second kappa shape index (κ2) is 5.99. The maximum absolute atomic E-state index is 11.6. The van der Waals surface area contributed by atoms with Crippen LogP contribution in [0.2, 0.25) is 0 Å². The lowest BCUT2D eigenvalue weighted by Gasteiger charge is -2.07. The van der Waals surface area contributed by atoms with Gasteiger partial charge in [-0.3, -0.25) is 9.32 Å². The number of hydrogen-bond donors (Lipinski definition) is 1. The molecule has 0 bridgehead atoms. The van der Waals surface area contributed by atoms with E-state index >= 15 is 0 Å². The molecule has 1 aromatic carbocycles. The molecular formula is C13H15N3O3. The summed E-state index contributed by atoms with van der Waals surface area (Å²) in [5, 5.41) is 6.32. The van der Waals surface area contributed by atoms with Crippen molar-refractivity contribution in [3.63, 3.8) is 0 Å². The lowest BCUT2D eigenvalue weighted by atomic mass is 10.1. The smallest absolute Gasteiger partial charge is 0.417 e. The van der Waals surface area contributed by atoms with Crippen molar-refractivity contribution < 1.29 is 14.1 Å². The Bertz CT molecular complexity index is 566. The van der Waals surface area contributed by atoms with Crippen LogP contribution in [0.15, 0.2) is 28.8 Å². The Balaban J connectivity index is 1.77. The quantitative estimate of drug-likeness (QED) is 0.879. The summed E-state index contributed by atoms with van der Waals surface area (Å²) in [6, 6.07) is 7.87. The number of nitrogens with zero attached hydrogens (tertiary/aromatic N) is 2. The van der Waals surface area contributed by atoms with Crippen LogP contribution in [0.25, 0.3) is 0 Å². The van der Waals surface area contributed by atoms with Crippen LogP contribution in [-0.4, -0.2) is 22.7 Å². The summed E-state index contributed by atoms with van der Waals surface area (Å²) in [4.78, 5) is 15.4. The first-order valence-electron chi connectivity index (χ1n) is 5.89. The minimum Gasteiger partial charge on any atom is -0.439 e. The highest BCUT2D eigenvalue weighted by Gasteiger charge is 2.07. The van der Waals surface area contributed by atoms with E-state index in [1.54, 1.807) is 6.92 Å². The fraction of sp³-hybridized carbons (Fsp3) is 0.308. The summed E-state index contributed by atoms with van der Waals surface area (Å²) in [5.41, 5.74) is 2.21. The molecule has 1 aromatic heterocycles. The largest absolute Gasteiger partial charge is 0.439 e. The van der Waals surface area contributed by atoms with Gasteiger partial charge in [0, 0.05) is 6.54 Å². The van der Waals surface area contributed by atoms with Gasteiger partial charge in [-0.05, 0) is 25.0 Å². The van der Waals surface area contributed by atoms with Gasteiger partial charge < -0.3 is 10.1 Å². The third-order valence-electron chi connectivity index (χ3n) is 2.57. The van der Waals surface area contributed by atoms with E-state index < -0.39 is 0 Å². The third-order valence-corrected chi connectivity index (χ3v) is 2.57. The van der Waals surface area contributed by atoms with Crippen LogP contribution in [0.5, 0.6) is 6.08 Å². The summed E-state index contributed by atoms with van der Waals surface area (Å²) >= 11 is 0. The van der Waals surface area contributed by atoms with Gasteiger partial charge in [-0.1, -0.05) is 29.4 Å². The van der Waals surface area contributed by atoms with Crippen molar-refractivity contribution in [2.24, 2.45) is 0 Å². The Morgan fingerprint density at radius 2 is 2.16 bits per heavy atom. The molecule has 0 aliphatic heterocycles. The normalized spacial score (nSPS) is 10.2. The number of amides is 1. The average Bonchev–Trinajstić information content (AvgIpc) is 2.81. The second-order valence-corrected chi connectivity index (χ2v) is 4.10. The van der Waals surface area contributed by atoms with Gasteiger partial charge >= 0.3 is 6.08 Å². The van der Waals surface area contributed by atoms with Crippen LogP contribution in [0.1, 0.15) is 17.0 Å². The van der Waals surface area contributed by atoms with Gasteiger partial charge in [-0.25, -0.2) is 0 Å². The first-order chi connectivity index (χ1) is 9.15. The Kier molecular flexibility index (Phi) is 4.12. The van der Waals surface area contributed by atoms with Gasteiger partial charge in [0.1, 0.15) is 0 Å². The number of rotatable bonds is 5. The maximum atomic E-state index is 11.6. The van der Waals surface area contributed by atoms with Crippen LogP contribution in [0.4, 0.5) is 0 Å². The standard InChI is InChI=1S/C13H15N3O3/c1-9-5-3-4-6-11(9)7-14-12(17)8-18-13-15-10(2)16-19-13/h3-6H,7-8H2,1-2H3,(H,14,17). The molecule has 0 saturated heterocycles. The van der Waals surface area contributed by atoms with Crippen LogP contribution < -0.4 is 10.1 Å². The second-order valence-electron chi connectivity index (χ2n) is 4.10. The molecule has 0 atom stereocenters. The number of hydrogen-bond acceptors (Lipinski definition) is 5. The Morgan fingerprint density at radius 3 is 2.84 bits per heavy atom. The molecular weight excluding hydrogens is 246 g/mol. The van der Waals surface area contributed by atoms with Crippen LogP contribution in [0, 0.1) is 13.8 Å². The summed E-state index contributed by atoms with van der Waals surface area (Å²) < 4.78 is 9.79. The number of ether oxygens (including phenoxy) is 1. The molecule has 0 aliphatic carbocycles. The summed E-state index contributed by atoms with van der Waals surface area (Å²) in [5.74, 6) is 0.231. The zero-order valence-corrected chi connectivity index (χ0v) is 10.8. The van der Waals surface area contributed by atoms with Gasteiger partial charge in [0.05, 0.1) is 0 Å². The molecule has 2 rings (SSSR count). The van der Waals surface area contributed by atoms with E-state index in [4.69, 9.17) is 9.26 Å². The van der Waals surface area contributed by atoms with Crippen molar-refractivity contribution in [3.8, 4) is 6.08 Å². The molecule has 6 heteroatoms. The predicted octanol–water partition coefficient (Wildman–Crippen LogP) is 1.38. The summed E-state index contributed by atoms with van der Waals surface area (Å²) in [6.07, 6.45) is 0.00328.